The van der Waals surface area contributed by atoms with Crippen molar-refractivity contribution in [2.24, 2.45) is 0 Å². The minimum atomic E-state index is 0.251. The summed E-state index contributed by atoms with van der Waals surface area (Å²) >= 11 is 0. The molecule has 1 aromatic heterocycles. The molecule has 0 atom stereocenters. The molecule has 0 aliphatic carbocycles. The quantitative estimate of drug-likeness (QED) is 0.875. The van der Waals surface area contributed by atoms with Crippen LogP contribution in [0.2, 0.25) is 0 Å². The van der Waals surface area contributed by atoms with Gasteiger partial charge in [-0.1, -0.05) is 18.6 Å². The van der Waals surface area contributed by atoms with E-state index in [0.29, 0.717) is 5.88 Å². The molecule has 1 aliphatic rings. The number of hydrogen-bond acceptors (Lipinski definition) is 5. The number of hydroxylamine groups is 2. The second kappa shape index (κ2) is 4.78. The standard InChI is InChI=1S/C13H16N4O/c14-13-15-11-7-3-2-6-10(11)12(16-13)18-17-8-4-1-5-9-17/h2-3,6-7H,1,4-5,8-9H2,(H2,14,15,16). The van der Waals surface area contributed by atoms with Crippen LogP contribution in [0.5, 0.6) is 5.88 Å². The van der Waals surface area contributed by atoms with Crippen LogP contribution in [0.15, 0.2) is 24.3 Å². The van der Waals surface area contributed by atoms with Gasteiger partial charge in [-0.15, -0.1) is 5.06 Å². The van der Waals surface area contributed by atoms with Crippen LogP contribution in [0.4, 0.5) is 5.95 Å². The molecular formula is C13H16N4O. The number of para-hydroxylation sites is 1. The van der Waals surface area contributed by atoms with Crippen LogP contribution >= 0.6 is 0 Å². The molecule has 2 aromatic rings. The van der Waals surface area contributed by atoms with Gasteiger partial charge in [-0.2, -0.15) is 4.98 Å². The molecule has 94 valence electrons. The molecular weight excluding hydrogens is 228 g/mol. The van der Waals surface area contributed by atoms with Gasteiger partial charge in [-0.3, -0.25) is 0 Å². The first-order valence-electron chi connectivity index (χ1n) is 6.28. The predicted octanol–water partition coefficient (Wildman–Crippen LogP) is 1.99. The van der Waals surface area contributed by atoms with Gasteiger partial charge >= 0.3 is 0 Å². The van der Waals surface area contributed by atoms with Crippen LogP contribution < -0.4 is 10.6 Å². The molecule has 1 fully saturated rings. The summed E-state index contributed by atoms with van der Waals surface area (Å²) in [5.74, 6) is 0.806. The van der Waals surface area contributed by atoms with E-state index in [1.54, 1.807) is 0 Å². The van der Waals surface area contributed by atoms with E-state index in [1.165, 1.54) is 19.3 Å². The molecule has 2 heterocycles. The van der Waals surface area contributed by atoms with Crippen molar-refractivity contribution in [3.8, 4) is 5.88 Å². The largest absolute Gasteiger partial charge is 0.385 e. The van der Waals surface area contributed by atoms with Crippen molar-refractivity contribution in [3.05, 3.63) is 24.3 Å². The third-order valence-corrected chi connectivity index (χ3v) is 3.12. The van der Waals surface area contributed by atoms with Crippen LogP contribution in [-0.2, 0) is 0 Å². The molecule has 18 heavy (non-hydrogen) atoms. The maximum Gasteiger partial charge on any atom is 0.250 e. The van der Waals surface area contributed by atoms with Gasteiger partial charge in [0.15, 0.2) is 0 Å². The lowest BCUT2D eigenvalue weighted by Crippen LogP contribution is -2.33. The van der Waals surface area contributed by atoms with Crippen molar-refractivity contribution >= 4 is 16.9 Å². The molecule has 0 radical (unpaired) electrons. The Bertz CT molecular complexity index is 552. The molecule has 3 rings (SSSR count). The van der Waals surface area contributed by atoms with Gasteiger partial charge in [0, 0.05) is 13.1 Å². The summed E-state index contributed by atoms with van der Waals surface area (Å²) in [5, 5.41) is 2.86. The molecule has 0 saturated carbocycles. The first-order valence-corrected chi connectivity index (χ1v) is 6.28. The van der Waals surface area contributed by atoms with Crippen LogP contribution in [0.25, 0.3) is 10.9 Å². The molecule has 1 aliphatic heterocycles. The highest BCUT2D eigenvalue weighted by Crippen LogP contribution is 2.24. The number of rotatable bonds is 2. The summed E-state index contributed by atoms with van der Waals surface area (Å²) in [6, 6.07) is 7.74. The Hall–Kier alpha value is -1.88. The maximum absolute atomic E-state index is 5.85. The summed E-state index contributed by atoms with van der Waals surface area (Å²) in [5.41, 5.74) is 6.53. The third-order valence-electron chi connectivity index (χ3n) is 3.12. The number of benzene rings is 1. The lowest BCUT2D eigenvalue weighted by Gasteiger charge is -2.25. The van der Waals surface area contributed by atoms with E-state index >= 15 is 0 Å². The van der Waals surface area contributed by atoms with Gasteiger partial charge < -0.3 is 10.6 Å². The fourth-order valence-corrected chi connectivity index (χ4v) is 2.21. The normalized spacial score (nSPS) is 16.9. The van der Waals surface area contributed by atoms with Gasteiger partial charge in [0.2, 0.25) is 5.95 Å². The van der Waals surface area contributed by atoms with Crippen molar-refractivity contribution in [2.45, 2.75) is 19.3 Å². The SMILES string of the molecule is Nc1nc(ON2CCCCC2)c2ccccc2n1. The molecule has 0 amide bonds. The number of nitrogens with two attached hydrogens (primary N) is 1. The highest BCUT2D eigenvalue weighted by atomic mass is 16.7. The van der Waals surface area contributed by atoms with Crippen molar-refractivity contribution in [1.29, 1.82) is 0 Å². The number of hydrogen-bond donors (Lipinski definition) is 1. The Balaban J connectivity index is 1.94. The van der Waals surface area contributed by atoms with E-state index in [4.69, 9.17) is 10.6 Å². The molecule has 0 spiro atoms. The number of nitrogen functional groups attached to an aromatic ring is 1. The Labute approximate surface area is 106 Å². The monoisotopic (exact) mass is 244 g/mol. The van der Waals surface area contributed by atoms with Crippen LogP contribution in [-0.4, -0.2) is 28.1 Å². The molecule has 2 N–H and O–H groups in total. The lowest BCUT2D eigenvalue weighted by molar-refractivity contribution is -0.0742. The Kier molecular flexibility index (Phi) is 2.98. The van der Waals surface area contributed by atoms with Crippen LogP contribution in [0.1, 0.15) is 19.3 Å². The van der Waals surface area contributed by atoms with E-state index in [2.05, 4.69) is 9.97 Å². The summed E-state index contributed by atoms with van der Waals surface area (Å²) in [4.78, 5) is 14.2. The second-order valence-corrected chi connectivity index (χ2v) is 4.49. The number of piperidine rings is 1. The number of anilines is 1. The van der Waals surface area contributed by atoms with E-state index in [9.17, 15) is 0 Å². The third kappa shape index (κ3) is 2.22. The Morgan fingerprint density at radius 1 is 1.06 bits per heavy atom. The average molecular weight is 244 g/mol. The zero-order valence-corrected chi connectivity index (χ0v) is 10.2. The van der Waals surface area contributed by atoms with E-state index in [-0.39, 0.29) is 5.95 Å². The fourth-order valence-electron chi connectivity index (χ4n) is 2.21. The first-order chi connectivity index (χ1) is 8.83. The fraction of sp³-hybridized carbons (Fsp3) is 0.385. The predicted molar refractivity (Wildman–Crippen MR) is 70.0 cm³/mol. The minimum absolute atomic E-state index is 0.251. The lowest BCUT2D eigenvalue weighted by atomic mass is 10.2. The highest BCUT2D eigenvalue weighted by Gasteiger charge is 2.15. The molecule has 1 saturated heterocycles. The summed E-state index contributed by atoms with van der Waals surface area (Å²) in [7, 11) is 0. The summed E-state index contributed by atoms with van der Waals surface area (Å²) in [6.45, 7) is 1.89. The van der Waals surface area contributed by atoms with Gasteiger partial charge in [0.05, 0.1) is 10.9 Å². The Morgan fingerprint density at radius 2 is 1.83 bits per heavy atom. The minimum Gasteiger partial charge on any atom is -0.385 e. The molecule has 5 nitrogen and oxygen atoms in total. The van der Waals surface area contributed by atoms with Gasteiger partial charge in [-0.05, 0) is 25.0 Å². The van der Waals surface area contributed by atoms with Crippen molar-refractivity contribution in [3.63, 3.8) is 0 Å². The van der Waals surface area contributed by atoms with Gasteiger partial charge in [0.1, 0.15) is 0 Å². The summed E-state index contributed by atoms with van der Waals surface area (Å²) in [6.07, 6.45) is 3.60. The number of aromatic nitrogens is 2. The smallest absolute Gasteiger partial charge is 0.250 e. The highest BCUT2D eigenvalue weighted by molar-refractivity contribution is 5.84. The van der Waals surface area contributed by atoms with Crippen LogP contribution in [0, 0.1) is 0 Å². The number of nitrogens with zero attached hydrogens (tertiary/aromatic N) is 3. The summed E-state index contributed by atoms with van der Waals surface area (Å²) < 4.78 is 0. The zero-order valence-electron chi connectivity index (χ0n) is 10.2. The molecule has 5 heteroatoms. The molecule has 1 aromatic carbocycles. The zero-order chi connectivity index (χ0) is 12.4. The average Bonchev–Trinajstić information content (AvgIpc) is 2.40. The van der Waals surface area contributed by atoms with Gasteiger partial charge in [-0.25, -0.2) is 4.98 Å². The van der Waals surface area contributed by atoms with E-state index < -0.39 is 0 Å². The second-order valence-electron chi connectivity index (χ2n) is 4.49. The number of fused-ring (bicyclic) bond motifs is 1. The molecule has 0 bridgehead atoms. The van der Waals surface area contributed by atoms with Gasteiger partial charge in [0.25, 0.3) is 5.88 Å². The maximum atomic E-state index is 5.85. The van der Waals surface area contributed by atoms with Crippen molar-refractivity contribution < 1.29 is 4.84 Å². The van der Waals surface area contributed by atoms with Crippen LogP contribution in [0.3, 0.4) is 0 Å². The van der Waals surface area contributed by atoms with E-state index in [1.807, 2.05) is 29.3 Å². The van der Waals surface area contributed by atoms with Crippen molar-refractivity contribution in [2.75, 3.05) is 18.8 Å². The topological polar surface area (TPSA) is 64.3 Å². The van der Waals surface area contributed by atoms with E-state index in [0.717, 1.165) is 24.0 Å². The Morgan fingerprint density at radius 3 is 2.67 bits per heavy atom. The van der Waals surface area contributed by atoms with Crippen molar-refractivity contribution in [1.82, 2.24) is 15.0 Å². The molecule has 0 unspecified atom stereocenters. The first kappa shape index (κ1) is 11.2.